The molecule has 0 bridgehead atoms. The van der Waals surface area contributed by atoms with Crippen LogP contribution in [0.25, 0.3) is 0 Å². The Balaban J connectivity index is 3.57. The molecule has 0 spiro atoms. The summed E-state index contributed by atoms with van der Waals surface area (Å²) >= 11 is 0. The Morgan fingerprint density at radius 3 is 1.33 bits per heavy atom. The van der Waals surface area contributed by atoms with E-state index < -0.39 is 41.0 Å². The molecule has 0 aromatic heterocycles. The molecule has 0 fully saturated rings. The molecule has 0 aliphatic carbocycles. The van der Waals surface area contributed by atoms with Gasteiger partial charge in [-0.1, -0.05) is 18.2 Å². The van der Waals surface area contributed by atoms with Crippen molar-refractivity contribution >= 4 is 5.69 Å². The van der Waals surface area contributed by atoms with Crippen LogP contribution >= 0.6 is 0 Å². The summed E-state index contributed by atoms with van der Waals surface area (Å²) in [5, 5.41) is 0. The van der Waals surface area contributed by atoms with Gasteiger partial charge in [-0.25, -0.2) is 4.90 Å². The van der Waals surface area contributed by atoms with Gasteiger partial charge < -0.3 is 0 Å². The zero-order valence-corrected chi connectivity index (χ0v) is 10.9. The molecule has 1 rings (SSSR count). The van der Waals surface area contributed by atoms with E-state index in [9.17, 15) is 52.7 Å². The minimum Gasteiger partial charge on any atom is -0.218 e. The normalized spacial score (nSPS) is 14.7. The van der Waals surface area contributed by atoms with Gasteiger partial charge in [-0.3, -0.25) is 0 Å². The summed E-state index contributed by atoms with van der Waals surface area (Å²) in [6, 6.07) is -4.30. The van der Waals surface area contributed by atoms with Crippen molar-refractivity contribution in [2.75, 3.05) is 4.90 Å². The number of alkyl halides is 12. The van der Waals surface area contributed by atoms with Crippen molar-refractivity contribution in [2.45, 2.75) is 30.4 Å². The Morgan fingerprint density at radius 2 is 1.00 bits per heavy atom. The fourth-order valence-corrected chi connectivity index (χ4v) is 1.55. The molecule has 0 saturated heterocycles. The maximum Gasteiger partial charge on any atom is 0.489 e. The van der Waals surface area contributed by atoms with Crippen molar-refractivity contribution in [3.63, 3.8) is 0 Å². The molecule has 0 N–H and O–H groups in total. The van der Waals surface area contributed by atoms with Gasteiger partial charge in [0.15, 0.2) is 0 Å². The number of hydrogen-bond acceptors (Lipinski definition) is 1. The van der Waals surface area contributed by atoms with Crippen LogP contribution in [0.2, 0.25) is 0 Å². The molecule has 1 aromatic carbocycles. The molecule has 138 valence electrons. The first kappa shape index (κ1) is 20.2. The summed E-state index contributed by atoms with van der Waals surface area (Å²) in [7, 11) is 0. The number of benzene rings is 1. The van der Waals surface area contributed by atoms with Crippen LogP contribution in [0.3, 0.4) is 0 Å². The van der Waals surface area contributed by atoms with E-state index in [0.29, 0.717) is 12.1 Å². The van der Waals surface area contributed by atoms with Gasteiger partial charge in [0, 0.05) is 0 Å². The Bertz CT molecular complexity index is 559. The van der Waals surface area contributed by atoms with E-state index in [1.54, 1.807) is 0 Å². The molecule has 24 heavy (non-hydrogen) atoms. The van der Waals surface area contributed by atoms with Gasteiger partial charge in [-0.05, 0) is 12.1 Å². The summed E-state index contributed by atoms with van der Waals surface area (Å²) in [4.78, 5) is -2.44. The van der Waals surface area contributed by atoms with Crippen LogP contribution < -0.4 is 4.90 Å². The second kappa shape index (κ2) is 5.62. The highest BCUT2D eigenvalue weighted by atomic mass is 19.4. The standard InChI is InChI=1S/C11H5F12N/c12-7(13,9(16,17)18)8(14,15)10(19,20)24(11(21,22)23)6-4-2-1-3-5-6/h1-5H. The second-order valence-electron chi connectivity index (χ2n) is 4.33. The van der Waals surface area contributed by atoms with E-state index in [2.05, 4.69) is 0 Å². The predicted molar refractivity (Wildman–Crippen MR) is 55.9 cm³/mol. The number of hydrogen-bond donors (Lipinski definition) is 0. The summed E-state index contributed by atoms with van der Waals surface area (Å²) in [5.74, 6) is -14.9. The molecule has 0 heterocycles. The highest BCUT2D eigenvalue weighted by molar-refractivity contribution is 5.49. The average molecular weight is 379 g/mol. The monoisotopic (exact) mass is 379 g/mol. The minimum absolute atomic E-state index is 0.184. The van der Waals surface area contributed by atoms with Gasteiger partial charge in [0.2, 0.25) is 0 Å². The first-order chi connectivity index (χ1) is 10.5. The molecular weight excluding hydrogens is 374 g/mol. The van der Waals surface area contributed by atoms with Crippen LogP contribution in [0.15, 0.2) is 30.3 Å². The Labute approximate surface area is 125 Å². The van der Waals surface area contributed by atoms with Crippen molar-refractivity contribution < 1.29 is 52.7 Å². The van der Waals surface area contributed by atoms with Crippen LogP contribution in [0.4, 0.5) is 58.4 Å². The van der Waals surface area contributed by atoms with Gasteiger partial charge in [0.05, 0.1) is 5.69 Å². The lowest BCUT2D eigenvalue weighted by Crippen LogP contribution is -2.69. The minimum atomic E-state index is -7.43. The van der Waals surface area contributed by atoms with Crippen LogP contribution in [-0.4, -0.2) is 30.4 Å². The summed E-state index contributed by atoms with van der Waals surface area (Å²) < 4.78 is 153. The van der Waals surface area contributed by atoms with Gasteiger partial charge >= 0.3 is 30.4 Å². The van der Waals surface area contributed by atoms with E-state index in [1.165, 1.54) is 0 Å². The van der Waals surface area contributed by atoms with Crippen LogP contribution in [0.1, 0.15) is 0 Å². The molecule has 1 aromatic rings. The topological polar surface area (TPSA) is 3.24 Å². The van der Waals surface area contributed by atoms with Crippen molar-refractivity contribution in [2.24, 2.45) is 0 Å². The lowest BCUT2D eigenvalue weighted by Gasteiger charge is -2.40. The van der Waals surface area contributed by atoms with Crippen LogP contribution in [0.5, 0.6) is 0 Å². The smallest absolute Gasteiger partial charge is 0.218 e. The maximum absolute atomic E-state index is 13.5. The second-order valence-corrected chi connectivity index (χ2v) is 4.33. The number of anilines is 1. The van der Waals surface area contributed by atoms with E-state index in [0.717, 1.165) is 6.07 Å². The van der Waals surface area contributed by atoms with Crippen LogP contribution in [-0.2, 0) is 0 Å². The van der Waals surface area contributed by atoms with E-state index >= 15 is 0 Å². The Morgan fingerprint density at radius 1 is 0.583 bits per heavy atom. The molecule has 0 amide bonds. The number of halogens is 12. The lowest BCUT2D eigenvalue weighted by atomic mass is 10.1. The van der Waals surface area contributed by atoms with E-state index in [1.807, 2.05) is 0 Å². The molecule has 0 aliphatic heterocycles. The van der Waals surface area contributed by atoms with Gasteiger partial charge in [-0.2, -0.15) is 39.5 Å². The number of rotatable bonds is 4. The zero-order valence-electron chi connectivity index (χ0n) is 10.9. The maximum atomic E-state index is 13.5. The number of nitrogens with zero attached hydrogens (tertiary/aromatic N) is 1. The summed E-state index contributed by atoms with van der Waals surface area (Å²) in [6.45, 7) is 0. The fraction of sp³-hybridized carbons (Fsp3) is 0.455. The van der Waals surface area contributed by atoms with Crippen molar-refractivity contribution in [3.8, 4) is 0 Å². The third-order valence-electron chi connectivity index (χ3n) is 2.68. The highest BCUT2D eigenvalue weighted by Crippen LogP contribution is 2.56. The lowest BCUT2D eigenvalue weighted by molar-refractivity contribution is -0.402. The van der Waals surface area contributed by atoms with Crippen molar-refractivity contribution in [1.29, 1.82) is 0 Å². The van der Waals surface area contributed by atoms with Crippen molar-refractivity contribution in [1.82, 2.24) is 0 Å². The molecule has 0 atom stereocenters. The quantitative estimate of drug-likeness (QED) is 0.498. The van der Waals surface area contributed by atoms with E-state index in [-0.39, 0.29) is 12.1 Å². The van der Waals surface area contributed by atoms with Crippen molar-refractivity contribution in [3.05, 3.63) is 30.3 Å². The van der Waals surface area contributed by atoms with E-state index in [4.69, 9.17) is 0 Å². The Kier molecular flexibility index (Phi) is 4.73. The van der Waals surface area contributed by atoms with Gasteiger partial charge in [-0.15, -0.1) is 13.2 Å². The Hall–Kier alpha value is -1.82. The fourth-order valence-electron chi connectivity index (χ4n) is 1.55. The first-order valence-electron chi connectivity index (χ1n) is 5.60. The molecule has 0 saturated carbocycles. The summed E-state index contributed by atoms with van der Waals surface area (Å²) in [6.07, 6.45) is -13.6. The highest BCUT2D eigenvalue weighted by Gasteiger charge is 2.85. The SMILES string of the molecule is FC(F)(F)N(c1ccccc1)C(F)(F)C(F)(F)C(F)(F)C(F)(F)F. The molecule has 13 heteroatoms. The molecular formula is C11H5F12N. The number of para-hydroxylation sites is 1. The summed E-state index contributed by atoms with van der Waals surface area (Å²) in [5.41, 5.74) is -1.76. The van der Waals surface area contributed by atoms with Crippen LogP contribution in [0, 0.1) is 0 Å². The molecule has 0 unspecified atom stereocenters. The predicted octanol–water partition coefficient (Wildman–Crippen LogP) is 5.44. The third kappa shape index (κ3) is 3.07. The molecule has 1 nitrogen and oxygen atoms in total. The third-order valence-corrected chi connectivity index (χ3v) is 2.68. The van der Waals surface area contributed by atoms with Gasteiger partial charge in [0.1, 0.15) is 0 Å². The molecule has 0 radical (unpaired) electrons. The zero-order chi connectivity index (χ0) is 19.2. The largest absolute Gasteiger partial charge is 0.489 e. The van der Waals surface area contributed by atoms with Gasteiger partial charge in [0.25, 0.3) is 0 Å². The molecule has 0 aliphatic rings. The first-order valence-corrected chi connectivity index (χ1v) is 5.60. The average Bonchev–Trinajstić information content (AvgIpc) is 2.36.